The van der Waals surface area contributed by atoms with E-state index in [1.807, 2.05) is 6.92 Å². The highest BCUT2D eigenvalue weighted by Gasteiger charge is 2.30. The predicted octanol–water partition coefficient (Wildman–Crippen LogP) is 4.04. The first-order valence-electron chi connectivity index (χ1n) is 5.40. The van der Waals surface area contributed by atoms with E-state index >= 15 is 0 Å². The number of alkyl halides is 3. The molecule has 0 atom stereocenters. The Kier molecular flexibility index (Phi) is 2.14. The van der Waals surface area contributed by atoms with Gasteiger partial charge in [-0.15, -0.1) is 0 Å². The molecule has 3 rings (SSSR count). The Hall–Kier alpha value is -2.04. The van der Waals surface area contributed by atoms with Crippen LogP contribution in [0.25, 0.3) is 21.8 Å². The van der Waals surface area contributed by atoms with Crippen LogP contribution >= 0.6 is 0 Å². The van der Waals surface area contributed by atoms with Crippen LogP contribution in [0.5, 0.6) is 0 Å². The average Bonchev–Trinajstić information content (AvgIpc) is 2.65. The van der Waals surface area contributed by atoms with E-state index < -0.39 is 11.7 Å². The second kappa shape index (κ2) is 3.48. The van der Waals surface area contributed by atoms with Gasteiger partial charge in [0.05, 0.1) is 17.3 Å². The third-order valence-electron chi connectivity index (χ3n) is 2.95. The molecular formula is C13H9F3N2. The summed E-state index contributed by atoms with van der Waals surface area (Å²) in [6.07, 6.45) is -2.68. The molecule has 1 aromatic carbocycles. The van der Waals surface area contributed by atoms with Crippen LogP contribution in [0.1, 0.15) is 11.3 Å². The first-order chi connectivity index (χ1) is 8.45. The van der Waals surface area contributed by atoms with E-state index in [4.69, 9.17) is 0 Å². The van der Waals surface area contributed by atoms with Crippen molar-refractivity contribution in [2.75, 3.05) is 0 Å². The monoisotopic (exact) mass is 250 g/mol. The minimum absolute atomic E-state index is 0.574. The molecule has 0 aliphatic carbocycles. The quantitative estimate of drug-likeness (QED) is 0.640. The number of hydrogen-bond acceptors (Lipinski definition) is 1. The van der Waals surface area contributed by atoms with Crippen LogP contribution in [0, 0.1) is 6.92 Å². The number of rotatable bonds is 0. The molecule has 2 aromatic heterocycles. The van der Waals surface area contributed by atoms with Crippen molar-refractivity contribution in [1.29, 1.82) is 0 Å². The van der Waals surface area contributed by atoms with Crippen LogP contribution in [0.2, 0.25) is 0 Å². The molecule has 5 heteroatoms. The number of H-pyrrole nitrogens is 1. The second-order valence-corrected chi connectivity index (χ2v) is 4.25. The third-order valence-corrected chi connectivity index (χ3v) is 2.95. The second-order valence-electron chi connectivity index (χ2n) is 4.25. The van der Waals surface area contributed by atoms with Gasteiger partial charge in [-0.3, -0.25) is 4.98 Å². The van der Waals surface area contributed by atoms with Crippen LogP contribution in [0.4, 0.5) is 13.2 Å². The molecular weight excluding hydrogens is 241 g/mol. The number of nitrogens with one attached hydrogen (secondary N) is 1. The largest absolute Gasteiger partial charge is 0.416 e. The van der Waals surface area contributed by atoms with Gasteiger partial charge in [0.25, 0.3) is 0 Å². The van der Waals surface area contributed by atoms with Gasteiger partial charge in [-0.2, -0.15) is 13.2 Å². The summed E-state index contributed by atoms with van der Waals surface area (Å²) in [5, 5.41) is 1.34. The lowest BCUT2D eigenvalue weighted by Crippen LogP contribution is -2.03. The van der Waals surface area contributed by atoms with E-state index in [-0.39, 0.29) is 0 Å². The van der Waals surface area contributed by atoms with Gasteiger partial charge in [0.2, 0.25) is 0 Å². The number of nitrogens with zero attached hydrogens (tertiary/aromatic N) is 1. The van der Waals surface area contributed by atoms with Crippen molar-refractivity contribution in [3.8, 4) is 0 Å². The lowest BCUT2D eigenvalue weighted by Gasteiger charge is -2.05. The average molecular weight is 250 g/mol. The van der Waals surface area contributed by atoms with Gasteiger partial charge in [-0.1, -0.05) is 0 Å². The lowest BCUT2D eigenvalue weighted by atomic mass is 10.1. The van der Waals surface area contributed by atoms with E-state index in [1.54, 1.807) is 12.3 Å². The van der Waals surface area contributed by atoms with Crippen LogP contribution in [0.15, 0.2) is 30.5 Å². The molecule has 0 fully saturated rings. The number of aryl methyl sites for hydroxylation is 1. The zero-order chi connectivity index (χ0) is 12.9. The SMILES string of the molecule is Cc1cc2c(cn1)[nH]c1ccc(C(F)(F)F)cc12. The summed E-state index contributed by atoms with van der Waals surface area (Å²) in [6, 6.07) is 5.49. The fourth-order valence-corrected chi connectivity index (χ4v) is 2.08. The Morgan fingerprint density at radius 3 is 2.50 bits per heavy atom. The first kappa shape index (κ1) is 11.1. The lowest BCUT2D eigenvalue weighted by molar-refractivity contribution is -0.137. The summed E-state index contributed by atoms with van der Waals surface area (Å²) in [5.41, 5.74) is 1.58. The molecule has 2 heterocycles. The smallest absolute Gasteiger partial charge is 0.353 e. The zero-order valence-corrected chi connectivity index (χ0v) is 9.47. The molecule has 0 saturated heterocycles. The van der Waals surface area contributed by atoms with Crippen molar-refractivity contribution in [3.05, 3.63) is 41.7 Å². The molecule has 0 aliphatic heterocycles. The van der Waals surface area contributed by atoms with Gasteiger partial charge < -0.3 is 4.98 Å². The van der Waals surface area contributed by atoms with Crippen molar-refractivity contribution in [3.63, 3.8) is 0 Å². The number of hydrogen-bond donors (Lipinski definition) is 1. The minimum Gasteiger partial charge on any atom is -0.353 e. The maximum atomic E-state index is 12.7. The molecule has 0 aliphatic rings. The van der Waals surface area contributed by atoms with Gasteiger partial charge in [0, 0.05) is 22.0 Å². The number of halogens is 3. The number of pyridine rings is 1. The van der Waals surface area contributed by atoms with Crippen LogP contribution < -0.4 is 0 Å². The Morgan fingerprint density at radius 1 is 1.06 bits per heavy atom. The standard InChI is InChI=1S/C13H9F3N2/c1-7-4-9-10-5-8(13(14,15)16)2-3-11(10)18-12(9)6-17-7/h2-6,18H,1H3. The van der Waals surface area contributed by atoms with Crippen LogP contribution in [-0.2, 0) is 6.18 Å². The van der Waals surface area contributed by atoms with Gasteiger partial charge in [0.1, 0.15) is 0 Å². The molecule has 0 radical (unpaired) electrons. The summed E-state index contributed by atoms with van der Waals surface area (Å²) in [4.78, 5) is 7.17. The molecule has 0 unspecified atom stereocenters. The van der Waals surface area contributed by atoms with Gasteiger partial charge in [-0.05, 0) is 31.2 Å². The number of fused-ring (bicyclic) bond motifs is 3. The molecule has 1 N–H and O–H groups in total. The molecule has 0 amide bonds. The van der Waals surface area contributed by atoms with Crippen LogP contribution in [-0.4, -0.2) is 9.97 Å². The minimum atomic E-state index is -4.32. The zero-order valence-electron chi connectivity index (χ0n) is 9.47. The molecule has 0 saturated carbocycles. The van der Waals surface area contributed by atoms with E-state index in [0.717, 1.165) is 22.7 Å². The normalized spacial score (nSPS) is 12.4. The van der Waals surface area contributed by atoms with Crippen molar-refractivity contribution >= 4 is 21.8 Å². The summed E-state index contributed by atoms with van der Waals surface area (Å²) in [7, 11) is 0. The van der Waals surface area contributed by atoms with Gasteiger partial charge >= 0.3 is 6.18 Å². The highest BCUT2D eigenvalue weighted by atomic mass is 19.4. The molecule has 2 nitrogen and oxygen atoms in total. The molecule has 0 spiro atoms. The Bertz CT molecular complexity index is 741. The van der Waals surface area contributed by atoms with Gasteiger partial charge in [-0.25, -0.2) is 0 Å². The van der Waals surface area contributed by atoms with Crippen molar-refractivity contribution in [2.24, 2.45) is 0 Å². The molecule has 0 bridgehead atoms. The Morgan fingerprint density at radius 2 is 1.78 bits per heavy atom. The Labute approximate surface area is 100 Å². The highest BCUT2D eigenvalue weighted by Crippen LogP contribution is 2.33. The number of aromatic nitrogens is 2. The first-order valence-corrected chi connectivity index (χ1v) is 5.40. The molecule has 18 heavy (non-hydrogen) atoms. The van der Waals surface area contributed by atoms with Crippen molar-refractivity contribution < 1.29 is 13.2 Å². The molecule has 3 aromatic rings. The van der Waals surface area contributed by atoms with Crippen LogP contribution in [0.3, 0.4) is 0 Å². The van der Waals surface area contributed by atoms with Gasteiger partial charge in [0.15, 0.2) is 0 Å². The van der Waals surface area contributed by atoms with E-state index in [9.17, 15) is 13.2 Å². The summed E-state index contributed by atoms with van der Waals surface area (Å²) in [5.74, 6) is 0. The number of benzene rings is 1. The van der Waals surface area contributed by atoms with E-state index in [2.05, 4.69) is 9.97 Å². The highest BCUT2D eigenvalue weighted by molar-refractivity contribution is 6.07. The topological polar surface area (TPSA) is 28.7 Å². The van der Waals surface area contributed by atoms with Crippen molar-refractivity contribution in [1.82, 2.24) is 9.97 Å². The summed E-state index contributed by atoms with van der Waals surface area (Å²) >= 11 is 0. The van der Waals surface area contributed by atoms with E-state index in [0.29, 0.717) is 10.9 Å². The molecule has 92 valence electrons. The number of aromatic amines is 1. The summed E-state index contributed by atoms with van der Waals surface area (Å²) < 4.78 is 38.0. The maximum absolute atomic E-state index is 12.7. The summed E-state index contributed by atoms with van der Waals surface area (Å²) in [6.45, 7) is 1.81. The maximum Gasteiger partial charge on any atom is 0.416 e. The Balaban J connectivity index is 2.38. The predicted molar refractivity (Wildman–Crippen MR) is 63.3 cm³/mol. The fourth-order valence-electron chi connectivity index (χ4n) is 2.08. The van der Waals surface area contributed by atoms with E-state index in [1.165, 1.54) is 12.1 Å². The third kappa shape index (κ3) is 1.63. The fraction of sp³-hybridized carbons (Fsp3) is 0.154. The van der Waals surface area contributed by atoms with Crippen molar-refractivity contribution in [2.45, 2.75) is 13.1 Å².